The van der Waals surface area contributed by atoms with Crippen molar-refractivity contribution in [3.05, 3.63) is 35.4 Å². The van der Waals surface area contributed by atoms with Crippen molar-refractivity contribution in [1.82, 2.24) is 4.90 Å². The van der Waals surface area contributed by atoms with Crippen LogP contribution in [0.5, 0.6) is 0 Å². The summed E-state index contributed by atoms with van der Waals surface area (Å²) in [5.74, 6) is -0.607. The first-order chi connectivity index (χ1) is 10.5. The fraction of sp³-hybridized carbons (Fsp3) is 0.471. The molecule has 0 bridgehead atoms. The Morgan fingerprint density at radius 2 is 1.82 bits per heavy atom. The van der Waals surface area contributed by atoms with E-state index in [0.717, 1.165) is 12.8 Å². The first-order valence-corrected chi connectivity index (χ1v) is 7.59. The van der Waals surface area contributed by atoms with Gasteiger partial charge in [0.25, 0.3) is 5.91 Å². The lowest BCUT2D eigenvalue weighted by molar-refractivity contribution is -0.149. The van der Waals surface area contributed by atoms with E-state index in [-0.39, 0.29) is 23.6 Å². The summed E-state index contributed by atoms with van der Waals surface area (Å²) in [5, 5.41) is 0. The number of carbonyl (C=O) groups excluding carboxylic acids is 3. The molecule has 0 aliphatic carbocycles. The largest absolute Gasteiger partial charge is 0.466 e. The Morgan fingerprint density at radius 3 is 2.41 bits per heavy atom. The van der Waals surface area contributed by atoms with Gasteiger partial charge in [-0.25, -0.2) is 0 Å². The molecule has 1 amide bonds. The van der Waals surface area contributed by atoms with Crippen molar-refractivity contribution in [3.63, 3.8) is 0 Å². The molecule has 1 aromatic carbocycles. The fourth-order valence-electron chi connectivity index (χ4n) is 2.64. The zero-order chi connectivity index (χ0) is 16.1. The number of piperidine rings is 1. The summed E-state index contributed by atoms with van der Waals surface area (Å²) in [6, 6.07) is 6.63. The molecule has 1 aliphatic rings. The molecule has 1 aliphatic heterocycles. The Kier molecular flexibility index (Phi) is 5.31. The first kappa shape index (κ1) is 16.2. The van der Waals surface area contributed by atoms with Gasteiger partial charge in [0.1, 0.15) is 0 Å². The number of nitrogens with zero attached hydrogens (tertiary/aromatic N) is 1. The second kappa shape index (κ2) is 7.20. The summed E-state index contributed by atoms with van der Waals surface area (Å²) in [5.41, 5.74) is 1.12. The van der Waals surface area contributed by atoms with Crippen LogP contribution in [-0.2, 0) is 9.53 Å². The molecule has 2 rings (SSSR count). The van der Waals surface area contributed by atoms with E-state index in [0.29, 0.717) is 30.8 Å². The minimum atomic E-state index is -0.242. The molecule has 0 saturated carbocycles. The quantitative estimate of drug-likeness (QED) is 0.632. The summed E-state index contributed by atoms with van der Waals surface area (Å²) in [7, 11) is 0. The maximum absolute atomic E-state index is 12.5. The van der Waals surface area contributed by atoms with Crippen molar-refractivity contribution in [2.24, 2.45) is 5.92 Å². The van der Waals surface area contributed by atoms with Crippen LogP contribution in [0.3, 0.4) is 0 Å². The van der Waals surface area contributed by atoms with E-state index in [1.54, 1.807) is 36.1 Å². The molecule has 0 radical (unpaired) electrons. The molecule has 1 atom stereocenters. The summed E-state index contributed by atoms with van der Waals surface area (Å²) in [6.07, 6.45) is 1.55. The normalized spacial score (nSPS) is 17.9. The number of esters is 1. The van der Waals surface area contributed by atoms with E-state index in [1.165, 1.54) is 6.92 Å². The second-order valence-electron chi connectivity index (χ2n) is 5.48. The van der Waals surface area contributed by atoms with Crippen LogP contribution < -0.4 is 0 Å². The predicted octanol–water partition coefficient (Wildman–Crippen LogP) is 2.30. The molecule has 5 nitrogen and oxygen atoms in total. The minimum absolute atomic E-state index is 0.0284. The van der Waals surface area contributed by atoms with Gasteiger partial charge in [-0.2, -0.15) is 0 Å². The summed E-state index contributed by atoms with van der Waals surface area (Å²) in [6.45, 7) is 4.66. The third kappa shape index (κ3) is 3.72. The zero-order valence-corrected chi connectivity index (χ0v) is 13.0. The number of amides is 1. The van der Waals surface area contributed by atoms with Gasteiger partial charge in [0.15, 0.2) is 5.78 Å². The molecule has 0 spiro atoms. The number of hydrogen-bond acceptors (Lipinski definition) is 4. The van der Waals surface area contributed by atoms with E-state index in [1.807, 2.05) is 0 Å². The zero-order valence-electron chi connectivity index (χ0n) is 13.0. The van der Waals surface area contributed by atoms with Crippen LogP contribution in [0.1, 0.15) is 47.4 Å². The number of hydrogen-bond donors (Lipinski definition) is 0. The molecule has 5 heteroatoms. The van der Waals surface area contributed by atoms with Gasteiger partial charge < -0.3 is 9.64 Å². The van der Waals surface area contributed by atoms with Crippen LogP contribution >= 0.6 is 0 Å². The number of carbonyl (C=O) groups is 3. The maximum atomic E-state index is 12.5. The van der Waals surface area contributed by atoms with E-state index in [4.69, 9.17) is 4.74 Å². The molecular weight excluding hydrogens is 282 g/mol. The van der Waals surface area contributed by atoms with Crippen molar-refractivity contribution >= 4 is 17.7 Å². The highest BCUT2D eigenvalue weighted by Crippen LogP contribution is 2.20. The molecule has 0 N–H and O–H groups in total. The Morgan fingerprint density at radius 1 is 1.18 bits per heavy atom. The van der Waals surface area contributed by atoms with Crippen LogP contribution in [0.2, 0.25) is 0 Å². The topological polar surface area (TPSA) is 63.7 Å². The number of Topliss-reactive ketones (excluding diaryl/α,β-unsaturated/α-hetero) is 1. The molecule has 0 aromatic heterocycles. The standard InChI is InChI=1S/C17H21NO4/c1-3-22-17(21)15-5-4-10-18(11-15)16(20)14-8-6-13(7-9-14)12(2)19/h6-9,15H,3-5,10-11H2,1-2H3. The highest BCUT2D eigenvalue weighted by molar-refractivity contribution is 5.97. The van der Waals surface area contributed by atoms with E-state index < -0.39 is 0 Å². The average Bonchev–Trinajstić information content (AvgIpc) is 2.54. The Hall–Kier alpha value is -2.17. The second-order valence-corrected chi connectivity index (χ2v) is 5.48. The predicted molar refractivity (Wildman–Crippen MR) is 81.7 cm³/mol. The Labute approximate surface area is 130 Å². The summed E-state index contributed by atoms with van der Waals surface area (Å²) >= 11 is 0. The van der Waals surface area contributed by atoms with Gasteiger partial charge in [0.2, 0.25) is 0 Å². The minimum Gasteiger partial charge on any atom is -0.466 e. The maximum Gasteiger partial charge on any atom is 0.310 e. The average molecular weight is 303 g/mol. The molecular formula is C17H21NO4. The van der Waals surface area contributed by atoms with Crippen molar-refractivity contribution in [1.29, 1.82) is 0 Å². The summed E-state index contributed by atoms with van der Waals surface area (Å²) in [4.78, 5) is 37.3. The molecule has 1 saturated heterocycles. The van der Waals surface area contributed by atoms with Gasteiger partial charge in [0, 0.05) is 24.2 Å². The lowest BCUT2D eigenvalue weighted by atomic mass is 9.97. The summed E-state index contributed by atoms with van der Waals surface area (Å²) < 4.78 is 5.04. The number of rotatable bonds is 4. The molecule has 118 valence electrons. The van der Waals surface area contributed by atoms with Crippen LogP contribution in [0.25, 0.3) is 0 Å². The molecule has 1 unspecified atom stereocenters. The SMILES string of the molecule is CCOC(=O)C1CCCN(C(=O)c2ccc(C(C)=O)cc2)C1. The number of ketones is 1. The van der Waals surface area contributed by atoms with Crippen molar-refractivity contribution in [2.75, 3.05) is 19.7 Å². The fourth-order valence-corrected chi connectivity index (χ4v) is 2.64. The van der Waals surface area contributed by atoms with Gasteiger partial charge in [-0.15, -0.1) is 0 Å². The van der Waals surface area contributed by atoms with Gasteiger partial charge in [-0.1, -0.05) is 12.1 Å². The van der Waals surface area contributed by atoms with Gasteiger partial charge >= 0.3 is 5.97 Å². The van der Waals surface area contributed by atoms with Gasteiger partial charge in [0.05, 0.1) is 12.5 Å². The van der Waals surface area contributed by atoms with Gasteiger partial charge in [-0.3, -0.25) is 14.4 Å². The third-order valence-electron chi connectivity index (χ3n) is 3.87. The number of ether oxygens (including phenoxy) is 1. The number of likely N-dealkylation sites (tertiary alicyclic amines) is 1. The number of benzene rings is 1. The smallest absolute Gasteiger partial charge is 0.310 e. The third-order valence-corrected chi connectivity index (χ3v) is 3.87. The van der Waals surface area contributed by atoms with Crippen LogP contribution in [0.15, 0.2) is 24.3 Å². The van der Waals surface area contributed by atoms with E-state index >= 15 is 0 Å². The van der Waals surface area contributed by atoms with E-state index in [2.05, 4.69) is 0 Å². The van der Waals surface area contributed by atoms with Crippen LogP contribution in [0, 0.1) is 5.92 Å². The van der Waals surface area contributed by atoms with Crippen LogP contribution in [0.4, 0.5) is 0 Å². The monoisotopic (exact) mass is 303 g/mol. The molecule has 1 heterocycles. The Bertz CT molecular complexity index is 565. The lowest BCUT2D eigenvalue weighted by Gasteiger charge is -2.31. The Balaban J connectivity index is 2.05. The van der Waals surface area contributed by atoms with E-state index in [9.17, 15) is 14.4 Å². The van der Waals surface area contributed by atoms with Crippen molar-refractivity contribution in [2.45, 2.75) is 26.7 Å². The molecule has 1 fully saturated rings. The van der Waals surface area contributed by atoms with Crippen LogP contribution in [-0.4, -0.2) is 42.3 Å². The molecule has 22 heavy (non-hydrogen) atoms. The lowest BCUT2D eigenvalue weighted by Crippen LogP contribution is -2.42. The van der Waals surface area contributed by atoms with Crippen molar-refractivity contribution < 1.29 is 19.1 Å². The highest BCUT2D eigenvalue weighted by atomic mass is 16.5. The molecule has 1 aromatic rings. The van der Waals surface area contributed by atoms with Crippen molar-refractivity contribution in [3.8, 4) is 0 Å². The first-order valence-electron chi connectivity index (χ1n) is 7.59. The highest BCUT2D eigenvalue weighted by Gasteiger charge is 2.29. The van der Waals surface area contributed by atoms with Gasteiger partial charge in [-0.05, 0) is 38.8 Å².